The topological polar surface area (TPSA) is 106 Å². The molecule has 194 valence electrons. The lowest BCUT2D eigenvalue weighted by molar-refractivity contribution is -0.132. The van der Waals surface area contributed by atoms with E-state index in [2.05, 4.69) is 51.4 Å². The highest BCUT2D eigenvalue weighted by Crippen LogP contribution is 2.33. The van der Waals surface area contributed by atoms with Crippen molar-refractivity contribution in [2.75, 3.05) is 36.1 Å². The lowest BCUT2D eigenvalue weighted by Gasteiger charge is -2.38. The summed E-state index contributed by atoms with van der Waals surface area (Å²) < 4.78 is 15.0. The summed E-state index contributed by atoms with van der Waals surface area (Å²) in [6, 6.07) is 10.3. The molecule has 3 aliphatic rings. The number of carbonyl (C=O) groups is 2. The first-order chi connectivity index (χ1) is 17.8. The van der Waals surface area contributed by atoms with E-state index >= 15 is 0 Å². The number of anilines is 2. The van der Waals surface area contributed by atoms with Crippen LogP contribution in [0.25, 0.3) is 0 Å². The van der Waals surface area contributed by atoms with Gasteiger partial charge in [0, 0.05) is 49.9 Å². The van der Waals surface area contributed by atoms with Gasteiger partial charge in [0.1, 0.15) is 5.82 Å². The molecule has 4 atom stereocenters. The Balaban J connectivity index is 1.29. The molecule has 37 heavy (non-hydrogen) atoms. The molecule has 2 aromatic carbocycles. The number of rotatable bonds is 4. The van der Waals surface area contributed by atoms with Crippen molar-refractivity contribution in [3.63, 3.8) is 0 Å². The second kappa shape index (κ2) is 10.1. The second-order valence-electron chi connectivity index (χ2n) is 9.92. The minimum absolute atomic E-state index is 0.0149. The number of hydrogen-bond donors (Lipinski definition) is 4. The van der Waals surface area contributed by atoms with Gasteiger partial charge < -0.3 is 15.5 Å². The molecule has 2 amide bonds. The third-order valence-corrected chi connectivity index (χ3v) is 7.38. The Morgan fingerprint density at radius 1 is 1.16 bits per heavy atom. The van der Waals surface area contributed by atoms with E-state index < -0.39 is 11.9 Å². The van der Waals surface area contributed by atoms with Gasteiger partial charge in [-0.3, -0.25) is 15.0 Å². The van der Waals surface area contributed by atoms with E-state index in [1.54, 1.807) is 19.9 Å². The van der Waals surface area contributed by atoms with Gasteiger partial charge in [0.15, 0.2) is 0 Å². The first kappa shape index (κ1) is 25.2. The summed E-state index contributed by atoms with van der Waals surface area (Å²) in [5.74, 6) is 1.68. The molecular weight excluding hydrogens is 473 g/mol. The third kappa shape index (κ3) is 4.79. The van der Waals surface area contributed by atoms with E-state index in [0.717, 1.165) is 24.3 Å². The van der Waals surface area contributed by atoms with Gasteiger partial charge >= 0.3 is 0 Å². The summed E-state index contributed by atoms with van der Waals surface area (Å²) in [6.45, 7) is 6.24. The molecule has 5 rings (SSSR count). The zero-order chi connectivity index (χ0) is 26.3. The standard InChI is InChI=1S/C27H32FN7O2/c1-4-18-13-16(2)26(21(28)14-18)35-23(36)15-22-25(32-35)24(31-30-22)19-5-7-20(8-6-19)33-9-11-34(12-10-33)27(37)17(3)29/h1,5-8,13-14,17,22,24-25,30-32H,9-12,15,29H2,2-3H3/t17-,22?,24?,25?/m0/s1. The monoisotopic (exact) mass is 505 g/mol. The number of halogens is 1. The molecule has 10 heteroatoms. The maximum atomic E-state index is 15.0. The van der Waals surface area contributed by atoms with Crippen LogP contribution in [0, 0.1) is 25.1 Å². The van der Waals surface area contributed by atoms with Crippen LogP contribution >= 0.6 is 0 Å². The third-order valence-electron chi connectivity index (χ3n) is 7.38. The van der Waals surface area contributed by atoms with Crippen LogP contribution in [-0.2, 0) is 9.59 Å². The van der Waals surface area contributed by atoms with Gasteiger partial charge in [0.2, 0.25) is 11.8 Å². The summed E-state index contributed by atoms with van der Waals surface area (Å²) in [4.78, 5) is 29.1. The van der Waals surface area contributed by atoms with Crippen molar-refractivity contribution in [3.8, 4) is 12.3 Å². The van der Waals surface area contributed by atoms with Crippen molar-refractivity contribution < 1.29 is 14.0 Å². The molecule has 0 bridgehead atoms. The fourth-order valence-corrected chi connectivity index (χ4v) is 5.40. The van der Waals surface area contributed by atoms with E-state index in [9.17, 15) is 14.0 Å². The van der Waals surface area contributed by atoms with Crippen molar-refractivity contribution in [2.24, 2.45) is 5.73 Å². The average Bonchev–Trinajstić information content (AvgIpc) is 3.30. The van der Waals surface area contributed by atoms with E-state index in [-0.39, 0.29) is 42.0 Å². The molecule has 3 saturated heterocycles. The van der Waals surface area contributed by atoms with Gasteiger partial charge in [-0.25, -0.2) is 20.3 Å². The lowest BCUT2D eigenvalue weighted by atomic mass is 9.93. The smallest absolute Gasteiger partial charge is 0.243 e. The van der Waals surface area contributed by atoms with Crippen LogP contribution in [0.1, 0.15) is 36.1 Å². The molecule has 3 unspecified atom stereocenters. The number of nitrogens with one attached hydrogen (secondary N) is 3. The number of terminal acetylenes is 1. The van der Waals surface area contributed by atoms with E-state index in [1.165, 1.54) is 11.1 Å². The van der Waals surface area contributed by atoms with Crippen LogP contribution < -0.4 is 31.9 Å². The largest absolute Gasteiger partial charge is 0.368 e. The number of nitrogens with zero attached hydrogens (tertiary/aromatic N) is 3. The minimum Gasteiger partial charge on any atom is -0.368 e. The lowest BCUT2D eigenvalue weighted by Crippen LogP contribution is -2.60. The number of hydrogen-bond acceptors (Lipinski definition) is 7. The Kier molecular flexibility index (Phi) is 6.88. The SMILES string of the molecule is C#Cc1cc(C)c(N2NC3C(CC2=O)NNC3c2ccc(N3CCN(C(=O)[C@H](C)N)CC3)cc2)c(F)c1. The van der Waals surface area contributed by atoms with Gasteiger partial charge in [-0.05, 0) is 49.2 Å². The second-order valence-corrected chi connectivity index (χ2v) is 9.92. The normalized spacial score (nSPS) is 24.6. The van der Waals surface area contributed by atoms with Crippen LogP contribution in [0.15, 0.2) is 36.4 Å². The highest BCUT2D eigenvalue weighted by molar-refractivity contribution is 5.95. The van der Waals surface area contributed by atoms with E-state index in [0.29, 0.717) is 24.2 Å². The van der Waals surface area contributed by atoms with Crippen molar-refractivity contribution in [2.45, 2.75) is 44.4 Å². The molecule has 3 fully saturated rings. The molecule has 0 spiro atoms. The molecule has 0 aromatic heterocycles. The number of amides is 2. The summed E-state index contributed by atoms with van der Waals surface area (Å²) >= 11 is 0. The molecule has 0 saturated carbocycles. The number of benzene rings is 2. The molecule has 9 nitrogen and oxygen atoms in total. The maximum Gasteiger partial charge on any atom is 0.243 e. The molecule has 2 aromatic rings. The fraction of sp³-hybridized carbons (Fsp3) is 0.407. The van der Waals surface area contributed by atoms with Crippen molar-refractivity contribution in [1.82, 2.24) is 21.2 Å². The number of piperazine rings is 1. The number of aryl methyl sites for hydroxylation is 1. The number of carbonyl (C=O) groups excluding carboxylic acids is 2. The minimum atomic E-state index is -0.533. The zero-order valence-electron chi connectivity index (χ0n) is 21.0. The Hall–Kier alpha value is -3.49. The molecule has 5 N–H and O–H groups in total. The van der Waals surface area contributed by atoms with Crippen molar-refractivity contribution in [1.29, 1.82) is 0 Å². The Bertz CT molecular complexity index is 1210. The van der Waals surface area contributed by atoms with Gasteiger partial charge in [-0.1, -0.05) is 18.1 Å². The van der Waals surface area contributed by atoms with Gasteiger partial charge in [0.25, 0.3) is 0 Å². The summed E-state index contributed by atoms with van der Waals surface area (Å²) in [6.07, 6.45) is 5.65. The predicted octanol–water partition coefficient (Wildman–Crippen LogP) is 0.939. The van der Waals surface area contributed by atoms with Crippen LogP contribution in [0.2, 0.25) is 0 Å². The van der Waals surface area contributed by atoms with Crippen molar-refractivity contribution in [3.05, 3.63) is 58.9 Å². The summed E-state index contributed by atoms with van der Waals surface area (Å²) in [5, 5.41) is 1.32. The van der Waals surface area contributed by atoms with Gasteiger partial charge in [0.05, 0.1) is 23.8 Å². The Labute approximate surface area is 216 Å². The first-order valence-electron chi connectivity index (χ1n) is 12.5. The molecule has 3 aliphatic heterocycles. The van der Waals surface area contributed by atoms with Crippen molar-refractivity contribution >= 4 is 23.2 Å². The van der Waals surface area contributed by atoms with Crippen LogP contribution in [0.4, 0.5) is 15.8 Å². The average molecular weight is 506 g/mol. The quantitative estimate of drug-likeness (QED) is 0.459. The predicted molar refractivity (Wildman–Crippen MR) is 140 cm³/mol. The van der Waals surface area contributed by atoms with Crippen LogP contribution in [0.3, 0.4) is 0 Å². The van der Waals surface area contributed by atoms with Gasteiger partial charge in [-0.15, -0.1) is 6.42 Å². The highest BCUT2D eigenvalue weighted by Gasteiger charge is 2.44. The molecular formula is C27H32FN7O2. The van der Waals surface area contributed by atoms with E-state index in [1.807, 2.05) is 4.90 Å². The summed E-state index contributed by atoms with van der Waals surface area (Å²) in [7, 11) is 0. The number of nitrogens with two attached hydrogens (primary N) is 1. The van der Waals surface area contributed by atoms with Crippen LogP contribution in [-0.4, -0.2) is 61.0 Å². The van der Waals surface area contributed by atoms with Gasteiger partial charge in [-0.2, -0.15) is 0 Å². The molecule has 0 aliphatic carbocycles. The first-order valence-corrected chi connectivity index (χ1v) is 12.5. The molecule has 3 heterocycles. The van der Waals surface area contributed by atoms with Crippen LogP contribution in [0.5, 0.6) is 0 Å². The Morgan fingerprint density at radius 2 is 1.86 bits per heavy atom. The van der Waals surface area contributed by atoms with E-state index in [4.69, 9.17) is 12.2 Å². The zero-order valence-corrected chi connectivity index (χ0v) is 21.0. The fourth-order valence-electron chi connectivity index (χ4n) is 5.40. The number of fused-ring (bicyclic) bond motifs is 1. The highest BCUT2D eigenvalue weighted by atomic mass is 19.1. The maximum absolute atomic E-state index is 15.0. The molecule has 0 radical (unpaired) electrons. The Morgan fingerprint density at radius 3 is 2.49 bits per heavy atom. The number of hydrazine groups is 2. The summed E-state index contributed by atoms with van der Waals surface area (Å²) in [5.41, 5.74) is 18.9.